The monoisotopic (exact) mass is 326 g/mol. The Kier molecular flexibility index (Phi) is 4.52. The Labute approximate surface area is 119 Å². The lowest BCUT2D eigenvalue weighted by molar-refractivity contribution is -0.143. The van der Waals surface area contributed by atoms with Crippen molar-refractivity contribution in [3.63, 3.8) is 0 Å². The number of pyridine rings is 1. The van der Waals surface area contributed by atoms with Crippen LogP contribution in [0.3, 0.4) is 0 Å². The van der Waals surface area contributed by atoms with E-state index in [2.05, 4.69) is 26.2 Å². The Balaban J connectivity index is 1.92. The number of anilines is 1. The van der Waals surface area contributed by atoms with Crippen molar-refractivity contribution in [1.82, 2.24) is 4.98 Å². The van der Waals surface area contributed by atoms with Crippen LogP contribution in [0.25, 0.3) is 0 Å². The summed E-state index contributed by atoms with van der Waals surface area (Å²) in [5.41, 5.74) is 0. The van der Waals surface area contributed by atoms with Gasteiger partial charge in [0.2, 0.25) is 5.91 Å². The molecular formula is C13H15BrN2O3. The van der Waals surface area contributed by atoms with Gasteiger partial charge in [0, 0.05) is 12.1 Å². The molecule has 0 aromatic carbocycles. The van der Waals surface area contributed by atoms with E-state index < -0.39 is 5.97 Å². The number of carboxylic acids is 1. The third-order valence-electron chi connectivity index (χ3n) is 3.45. The van der Waals surface area contributed by atoms with E-state index >= 15 is 0 Å². The molecule has 19 heavy (non-hydrogen) atoms. The number of rotatable bonds is 3. The summed E-state index contributed by atoms with van der Waals surface area (Å²) >= 11 is 3.32. The van der Waals surface area contributed by atoms with Crippen LogP contribution in [0, 0.1) is 11.8 Å². The molecule has 2 rings (SSSR count). The van der Waals surface area contributed by atoms with E-state index in [1.807, 2.05) is 6.07 Å². The zero-order chi connectivity index (χ0) is 13.8. The van der Waals surface area contributed by atoms with E-state index in [0.29, 0.717) is 31.5 Å². The number of carbonyl (C=O) groups excluding carboxylic acids is 1. The minimum Gasteiger partial charge on any atom is -0.481 e. The molecule has 1 saturated carbocycles. The summed E-state index contributed by atoms with van der Waals surface area (Å²) in [4.78, 5) is 27.0. The van der Waals surface area contributed by atoms with Crippen molar-refractivity contribution >= 4 is 33.6 Å². The number of hydrogen-bond acceptors (Lipinski definition) is 3. The maximum Gasteiger partial charge on any atom is 0.306 e. The Morgan fingerprint density at radius 1 is 1.26 bits per heavy atom. The number of nitrogens with zero attached hydrogens (tertiary/aromatic N) is 1. The topological polar surface area (TPSA) is 79.3 Å². The molecular weight excluding hydrogens is 312 g/mol. The number of aromatic nitrogens is 1. The molecule has 0 spiro atoms. The average Bonchev–Trinajstić information content (AvgIpc) is 2.41. The highest BCUT2D eigenvalue weighted by molar-refractivity contribution is 9.10. The number of hydrogen-bond donors (Lipinski definition) is 2. The fourth-order valence-electron chi connectivity index (χ4n) is 2.30. The molecule has 0 radical (unpaired) electrons. The number of nitrogens with one attached hydrogen (secondary N) is 1. The molecule has 1 aromatic heterocycles. The van der Waals surface area contributed by atoms with E-state index in [4.69, 9.17) is 5.11 Å². The van der Waals surface area contributed by atoms with E-state index in [9.17, 15) is 9.59 Å². The van der Waals surface area contributed by atoms with Gasteiger partial charge < -0.3 is 10.4 Å². The van der Waals surface area contributed by atoms with Crippen molar-refractivity contribution in [2.75, 3.05) is 5.32 Å². The molecule has 1 aliphatic carbocycles. The van der Waals surface area contributed by atoms with Gasteiger partial charge >= 0.3 is 5.97 Å². The Morgan fingerprint density at radius 3 is 2.47 bits per heavy atom. The van der Waals surface area contributed by atoms with Gasteiger partial charge in [0.15, 0.2) is 0 Å². The van der Waals surface area contributed by atoms with Gasteiger partial charge in [-0.1, -0.05) is 0 Å². The summed E-state index contributed by atoms with van der Waals surface area (Å²) < 4.78 is 0.738. The Morgan fingerprint density at radius 2 is 1.89 bits per heavy atom. The second-order valence-corrected chi connectivity index (χ2v) is 5.56. The van der Waals surface area contributed by atoms with Gasteiger partial charge in [0.1, 0.15) is 5.82 Å². The third kappa shape index (κ3) is 3.53. The summed E-state index contributed by atoms with van der Waals surface area (Å²) in [7, 11) is 0. The highest BCUT2D eigenvalue weighted by Gasteiger charge is 2.29. The molecule has 0 saturated heterocycles. The molecule has 6 heteroatoms. The molecule has 0 bridgehead atoms. The maximum atomic E-state index is 12.1. The number of amides is 1. The molecule has 1 aromatic rings. The van der Waals surface area contributed by atoms with Crippen LogP contribution in [0.2, 0.25) is 0 Å². The molecule has 0 unspecified atom stereocenters. The van der Waals surface area contributed by atoms with Crippen molar-refractivity contribution in [2.45, 2.75) is 25.7 Å². The second-order valence-electron chi connectivity index (χ2n) is 4.71. The smallest absolute Gasteiger partial charge is 0.306 e. The molecule has 1 amide bonds. The van der Waals surface area contributed by atoms with Gasteiger partial charge in [-0.2, -0.15) is 0 Å². The van der Waals surface area contributed by atoms with Gasteiger partial charge in [-0.25, -0.2) is 4.98 Å². The lowest BCUT2D eigenvalue weighted by Crippen LogP contribution is -2.29. The summed E-state index contributed by atoms with van der Waals surface area (Å²) in [5.74, 6) is -0.752. The minimum absolute atomic E-state index is 0.0803. The summed E-state index contributed by atoms with van der Waals surface area (Å²) in [6.07, 6.45) is 3.98. The standard InChI is InChI=1S/C13H15BrN2O3/c14-10-2-1-7-15-11(10)16-12(17)8-3-5-9(6-4-8)13(18)19/h1-2,7-9H,3-6H2,(H,18,19)(H,15,16,17). The van der Waals surface area contributed by atoms with Crippen molar-refractivity contribution in [2.24, 2.45) is 11.8 Å². The van der Waals surface area contributed by atoms with Gasteiger partial charge in [-0.15, -0.1) is 0 Å². The van der Waals surface area contributed by atoms with E-state index in [1.54, 1.807) is 12.3 Å². The van der Waals surface area contributed by atoms with Crippen LogP contribution in [-0.4, -0.2) is 22.0 Å². The molecule has 0 atom stereocenters. The van der Waals surface area contributed by atoms with Crippen molar-refractivity contribution in [1.29, 1.82) is 0 Å². The van der Waals surface area contributed by atoms with Gasteiger partial charge in [0.25, 0.3) is 0 Å². The third-order valence-corrected chi connectivity index (χ3v) is 4.09. The fraction of sp³-hybridized carbons (Fsp3) is 0.462. The largest absolute Gasteiger partial charge is 0.481 e. The maximum absolute atomic E-state index is 12.1. The summed E-state index contributed by atoms with van der Waals surface area (Å²) in [5, 5.41) is 11.7. The normalized spacial score (nSPS) is 22.8. The average molecular weight is 327 g/mol. The van der Waals surface area contributed by atoms with Crippen LogP contribution in [0.4, 0.5) is 5.82 Å². The Hall–Kier alpha value is -1.43. The van der Waals surface area contributed by atoms with Gasteiger partial charge in [-0.05, 0) is 53.7 Å². The molecule has 0 aliphatic heterocycles. The first kappa shape index (κ1) is 14.0. The molecule has 1 heterocycles. The number of carbonyl (C=O) groups is 2. The number of aliphatic carboxylic acids is 1. The van der Waals surface area contributed by atoms with Gasteiger partial charge in [-0.3, -0.25) is 9.59 Å². The Bertz CT molecular complexity index is 485. The van der Waals surface area contributed by atoms with Crippen LogP contribution in [0.5, 0.6) is 0 Å². The SMILES string of the molecule is O=C(O)C1CCC(C(=O)Nc2ncccc2Br)CC1. The zero-order valence-corrected chi connectivity index (χ0v) is 11.9. The first-order chi connectivity index (χ1) is 9.08. The quantitative estimate of drug-likeness (QED) is 0.894. The first-order valence-corrected chi connectivity index (χ1v) is 7.01. The van der Waals surface area contributed by atoms with Crippen molar-refractivity contribution < 1.29 is 14.7 Å². The molecule has 1 aliphatic rings. The van der Waals surface area contributed by atoms with Crippen LogP contribution in [0.15, 0.2) is 22.8 Å². The first-order valence-electron chi connectivity index (χ1n) is 6.22. The lowest BCUT2D eigenvalue weighted by atomic mass is 9.81. The van der Waals surface area contributed by atoms with E-state index in [1.165, 1.54) is 0 Å². The highest BCUT2D eigenvalue weighted by Crippen LogP contribution is 2.30. The number of halogens is 1. The summed E-state index contributed by atoms with van der Waals surface area (Å²) in [6, 6.07) is 3.59. The van der Waals surface area contributed by atoms with Crippen LogP contribution in [0.1, 0.15) is 25.7 Å². The molecule has 5 nitrogen and oxygen atoms in total. The molecule has 102 valence electrons. The minimum atomic E-state index is -0.758. The lowest BCUT2D eigenvalue weighted by Gasteiger charge is -2.25. The zero-order valence-electron chi connectivity index (χ0n) is 10.3. The fourth-order valence-corrected chi connectivity index (χ4v) is 2.65. The molecule has 2 N–H and O–H groups in total. The molecule has 1 fully saturated rings. The van der Waals surface area contributed by atoms with E-state index in [0.717, 1.165) is 4.47 Å². The van der Waals surface area contributed by atoms with Crippen molar-refractivity contribution in [3.8, 4) is 0 Å². The van der Waals surface area contributed by atoms with Crippen LogP contribution >= 0.6 is 15.9 Å². The summed E-state index contributed by atoms with van der Waals surface area (Å²) in [6.45, 7) is 0. The van der Waals surface area contributed by atoms with E-state index in [-0.39, 0.29) is 17.7 Å². The number of carboxylic acid groups (broad SMARTS) is 1. The van der Waals surface area contributed by atoms with Crippen LogP contribution in [-0.2, 0) is 9.59 Å². The van der Waals surface area contributed by atoms with Gasteiger partial charge in [0.05, 0.1) is 10.4 Å². The second kappa shape index (κ2) is 6.14. The highest BCUT2D eigenvalue weighted by atomic mass is 79.9. The predicted molar refractivity (Wildman–Crippen MR) is 73.7 cm³/mol. The predicted octanol–water partition coefficient (Wildman–Crippen LogP) is 2.67. The van der Waals surface area contributed by atoms with Crippen LogP contribution < -0.4 is 5.32 Å². The van der Waals surface area contributed by atoms with Crippen molar-refractivity contribution in [3.05, 3.63) is 22.8 Å².